The lowest BCUT2D eigenvalue weighted by atomic mass is 9.74. The number of nitrogens with zero attached hydrogens (tertiary/aromatic N) is 1. The van der Waals surface area contributed by atoms with E-state index in [0.29, 0.717) is 11.3 Å². The van der Waals surface area contributed by atoms with Gasteiger partial charge < -0.3 is 4.90 Å². The Balaban J connectivity index is 3.19. The van der Waals surface area contributed by atoms with E-state index in [2.05, 4.69) is 15.9 Å². The van der Waals surface area contributed by atoms with Crippen molar-refractivity contribution in [2.75, 3.05) is 11.9 Å². The molecule has 0 radical (unpaired) electrons. The van der Waals surface area contributed by atoms with E-state index in [1.807, 2.05) is 0 Å². The lowest BCUT2D eigenvalue weighted by Crippen LogP contribution is -2.62. The van der Waals surface area contributed by atoms with E-state index in [0.717, 1.165) is 0 Å². The van der Waals surface area contributed by atoms with Crippen molar-refractivity contribution in [3.8, 4) is 0 Å². The van der Waals surface area contributed by atoms with Crippen LogP contribution in [0.3, 0.4) is 0 Å². The fourth-order valence-electron chi connectivity index (χ4n) is 2.60. The molecule has 122 valence electrons. The molecule has 1 heterocycles. The smallest absolute Gasteiger partial charge is 0.327 e. The third kappa shape index (κ3) is 3.37. The molecule has 9 heteroatoms. The largest absolute Gasteiger partial charge is 0.463 e. The first kappa shape index (κ1) is 18.3. The molecule has 0 bridgehead atoms. The summed E-state index contributed by atoms with van der Waals surface area (Å²) < 4.78 is 63.6. The third-order valence-electron chi connectivity index (χ3n) is 3.59. The van der Waals surface area contributed by atoms with Crippen LogP contribution >= 0.6 is 15.9 Å². The molecular formula is C12H15BrF5NO2. The van der Waals surface area contributed by atoms with Gasteiger partial charge in [0.05, 0.1) is 11.4 Å². The normalized spacial score (nSPS) is 23.0. The Morgan fingerprint density at radius 1 is 1.24 bits per heavy atom. The molecule has 1 amide bonds. The van der Waals surface area contributed by atoms with Crippen LogP contribution in [0.2, 0.25) is 0 Å². The quantitative estimate of drug-likeness (QED) is 0.557. The van der Waals surface area contributed by atoms with Gasteiger partial charge in [-0.05, 0) is 18.3 Å². The van der Waals surface area contributed by atoms with Crippen molar-refractivity contribution in [1.29, 1.82) is 0 Å². The van der Waals surface area contributed by atoms with Crippen molar-refractivity contribution in [2.24, 2.45) is 5.41 Å². The molecule has 1 fully saturated rings. The molecule has 0 aromatic rings. The summed E-state index contributed by atoms with van der Waals surface area (Å²) in [6.07, 6.45) is -5.26. The minimum Gasteiger partial charge on any atom is -0.327 e. The van der Waals surface area contributed by atoms with Gasteiger partial charge in [0, 0.05) is 6.54 Å². The molecule has 0 aliphatic carbocycles. The number of halogens is 6. The van der Waals surface area contributed by atoms with E-state index < -0.39 is 35.2 Å². The molecule has 1 atom stereocenters. The summed E-state index contributed by atoms with van der Waals surface area (Å²) in [5, 5.41) is -0.220. The van der Waals surface area contributed by atoms with Crippen molar-refractivity contribution in [1.82, 2.24) is 4.90 Å². The summed E-state index contributed by atoms with van der Waals surface area (Å²) >= 11 is 2.87. The van der Waals surface area contributed by atoms with Crippen LogP contribution in [-0.4, -0.2) is 46.6 Å². The van der Waals surface area contributed by atoms with Crippen molar-refractivity contribution < 1.29 is 31.5 Å². The van der Waals surface area contributed by atoms with Crippen LogP contribution in [-0.2, 0) is 9.59 Å². The van der Waals surface area contributed by atoms with E-state index >= 15 is 0 Å². The van der Waals surface area contributed by atoms with Gasteiger partial charge >= 0.3 is 18.0 Å². The lowest BCUT2D eigenvalue weighted by Gasteiger charge is -2.46. The Morgan fingerprint density at radius 2 is 1.76 bits per heavy atom. The Morgan fingerprint density at radius 3 is 2.19 bits per heavy atom. The van der Waals surface area contributed by atoms with Gasteiger partial charge in [-0.1, -0.05) is 29.8 Å². The second kappa shape index (κ2) is 5.81. The van der Waals surface area contributed by atoms with Gasteiger partial charge in [0.25, 0.3) is 0 Å². The number of Topliss-reactive ketones (excluding diaryl/α,β-unsaturated/α-hetero) is 1. The molecule has 21 heavy (non-hydrogen) atoms. The maximum absolute atomic E-state index is 13.3. The fraction of sp³-hybridized carbons (Fsp3) is 0.833. The highest BCUT2D eigenvalue weighted by atomic mass is 79.9. The number of carbonyl (C=O) groups excluding carboxylic acids is 2. The first-order valence-corrected chi connectivity index (χ1v) is 7.32. The number of likely N-dealkylation sites (tertiary alicyclic amines) is 1. The summed E-state index contributed by atoms with van der Waals surface area (Å²) in [6, 6.07) is -1.30. The average Bonchev–Trinajstić information content (AvgIpc) is 2.34. The zero-order valence-electron chi connectivity index (χ0n) is 11.4. The van der Waals surface area contributed by atoms with Crippen LogP contribution in [0.5, 0.6) is 0 Å². The van der Waals surface area contributed by atoms with Crippen molar-refractivity contribution in [3.63, 3.8) is 0 Å². The maximum atomic E-state index is 13.3. The zero-order valence-corrected chi connectivity index (χ0v) is 13.0. The highest BCUT2D eigenvalue weighted by Gasteiger charge is 2.66. The zero-order chi connectivity index (χ0) is 16.6. The lowest BCUT2D eigenvalue weighted by molar-refractivity contribution is -0.276. The molecule has 1 aliphatic rings. The Kier molecular flexibility index (Phi) is 5.07. The molecule has 0 aromatic carbocycles. The number of carbonyl (C=O) groups is 2. The summed E-state index contributed by atoms with van der Waals surface area (Å²) in [6.45, 7) is 2.85. The number of amides is 1. The molecule has 1 unspecified atom stereocenters. The monoisotopic (exact) mass is 379 g/mol. The number of hydrogen-bond acceptors (Lipinski definition) is 2. The van der Waals surface area contributed by atoms with Gasteiger partial charge in [0.1, 0.15) is 0 Å². The number of alkyl halides is 6. The molecule has 0 saturated carbocycles. The van der Waals surface area contributed by atoms with Crippen molar-refractivity contribution in [2.45, 2.75) is 44.8 Å². The summed E-state index contributed by atoms with van der Waals surface area (Å²) in [5.41, 5.74) is -0.861. The Labute approximate surface area is 127 Å². The van der Waals surface area contributed by atoms with Crippen LogP contribution in [0, 0.1) is 5.41 Å². The SMILES string of the molecule is CC1(C)CCCN(C(=O)C(F)(F)C(F)(F)F)C1C(=O)CBr. The summed E-state index contributed by atoms with van der Waals surface area (Å²) in [4.78, 5) is 24.0. The Bertz CT molecular complexity index is 436. The van der Waals surface area contributed by atoms with E-state index in [1.54, 1.807) is 13.8 Å². The molecule has 1 saturated heterocycles. The molecular weight excluding hydrogens is 365 g/mol. The van der Waals surface area contributed by atoms with Crippen LogP contribution in [0.15, 0.2) is 0 Å². The third-order valence-corrected chi connectivity index (χ3v) is 4.15. The van der Waals surface area contributed by atoms with Gasteiger partial charge in [-0.3, -0.25) is 9.59 Å². The maximum Gasteiger partial charge on any atom is 0.463 e. The van der Waals surface area contributed by atoms with Gasteiger partial charge in [-0.15, -0.1) is 0 Å². The molecule has 0 spiro atoms. The van der Waals surface area contributed by atoms with Crippen LogP contribution in [0.25, 0.3) is 0 Å². The summed E-state index contributed by atoms with van der Waals surface area (Å²) in [5.74, 6) is -8.45. The van der Waals surface area contributed by atoms with E-state index in [9.17, 15) is 31.5 Å². The molecule has 1 rings (SSSR count). The van der Waals surface area contributed by atoms with Gasteiger partial charge in [-0.25, -0.2) is 0 Å². The van der Waals surface area contributed by atoms with Crippen LogP contribution < -0.4 is 0 Å². The average molecular weight is 380 g/mol. The highest BCUT2D eigenvalue weighted by Crippen LogP contribution is 2.41. The first-order valence-electron chi connectivity index (χ1n) is 6.20. The fourth-order valence-corrected chi connectivity index (χ4v) is 2.90. The van der Waals surface area contributed by atoms with Gasteiger partial charge in [0.15, 0.2) is 5.78 Å². The number of rotatable bonds is 3. The number of hydrogen-bond donors (Lipinski definition) is 0. The predicted octanol–water partition coefficient (Wildman–Crippen LogP) is 3.17. The first-order chi connectivity index (χ1) is 9.36. The molecule has 0 N–H and O–H groups in total. The highest BCUT2D eigenvalue weighted by molar-refractivity contribution is 9.09. The number of ketones is 1. The number of piperidine rings is 1. The van der Waals surface area contributed by atoms with E-state index in [4.69, 9.17) is 0 Å². The second-order valence-electron chi connectivity index (χ2n) is 5.67. The van der Waals surface area contributed by atoms with Crippen LogP contribution in [0.1, 0.15) is 26.7 Å². The minimum absolute atomic E-state index is 0.220. The standard InChI is InChI=1S/C12H15BrF5NO2/c1-10(2)4-3-5-19(8(10)7(20)6-13)9(21)11(14,15)12(16,17)18/h8H,3-6H2,1-2H3. The topological polar surface area (TPSA) is 37.4 Å². The second-order valence-corrected chi connectivity index (χ2v) is 6.23. The Hall–Kier alpha value is -0.730. The molecule has 3 nitrogen and oxygen atoms in total. The van der Waals surface area contributed by atoms with Crippen LogP contribution in [0.4, 0.5) is 22.0 Å². The summed E-state index contributed by atoms with van der Waals surface area (Å²) in [7, 11) is 0. The molecule has 1 aliphatic heterocycles. The minimum atomic E-state index is -5.98. The van der Waals surface area contributed by atoms with E-state index in [-0.39, 0.29) is 18.3 Å². The van der Waals surface area contributed by atoms with E-state index in [1.165, 1.54) is 0 Å². The van der Waals surface area contributed by atoms with Crippen molar-refractivity contribution in [3.05, 3.63) is 0 Å². The molecule has 0 aromatic heterocycles. The predicted molar refractivity (Wildman–Crippen MR) is 68.3 cm³/mol. The van der Waals surface area contributed by atoms with Crippen molar-refractivity contribution >= 4 is 27.6 Å². The van der Waals surface area contributed by atoms with Gasteiger partial charge in [-0.2, -0.15) is 22.0 Å². The van der Waals surface area contributed by atoms with Gasteiger partial charge in [0.2, 0.25) is 0 Å².